The number of pyridine rings is 1. The van der Waals surface area contributed by atoms with E-state index in [0.717, 1.165) is 12.2 Å². The van der Waals surface area contributed by atoms with Gasteiger partial charge in [0.05, 0.1) is 0 Å². The van der Waals surface area contributed by atoms with Crippen LogP contribution in [0.5, 0.6) is 5.75 Å². The molecule has 0 bridgehead atoms. The Morgan fingerprint density at radius 2 is 2.50 bits per heavy atom. The van der Waals surface area contributed by atoms with Crippen molar-refractivity contribution in [1.29, 1.82) is 0 Å². The Kier molecular flexibility index (Phi) is 4.25. The van der Waals surface area contributed by atoms with E-state index in [4.69, 9.17) is 10.5 Å². The van der Waals surface area contributed by atoms with Crippen LogP contribution < -0.4 is 10.5 Å². The first kappa shape index (κ1) is 10.8. The molecule has 14 heavy (non-hydrogen) atoms. The maximum atomic E-state index is 10.6. The fourth-order valence-electron chi connectivity index (χ4n) is 0.869. The highest BCUT2D eigenvalue weighted by Crippen LogP contribution is 2.26. The second-order valence-electron chi connectivity index (χ2n) is 2.58. The standard InChI is InChI=1S/C9H12N2O2S/c1-2-6-14-8-7(13-9(10)12)4-3-5-11-8/h3-5H,2,6H2,1H3,(H2,10,12). The SMILES string of the molecule is CCCSc1ncccc1OC(N)=O. The number of ether oxygens (including phenoxy) is 1. The average molecular weight is 212 g/mol. The summed E-state index contributed by atoms with van der Waals surface area (Å²) < 4.78 is 4.80. The van der Waals surface area contributed by atoms with Crippen LogP contribution in [-0.2, 0) is 0 Å². The van der Waals surface area contributed by atoms with Crippen LogP contribution in [0.1, 0.15) is 13.3 Å². The predicted octanol–water partition coefficient (Wildman–Crippen LogP) is 2.04. The first-order valence-electron chi connectivity index (χ1n) is 4.29. The largest absolute Gasteiger partial charge is 0.410 e. The van der Waals surface area contributed by atoms with E-state index in [1.165, 1.54) is 0 Å². The number of amides is 1. The molecule has 1 heterocycles. The van der Waals surface area contributed by atoms with Gasteiger partial charge in [0.1, 0.15) is 5.03 Å². The lowest BCUT2D eigenvalue weighted by molar-refractivity contribution is 0.209. The van der Waals surface area contributed by atoms with Crippen LogP contribution in [-0.4, -0.2) is 16.8 Å². The van der Waals surface area contributed by atoms with Crippen LogP contribution >= 0.6 is 11.8 Å². The molecule has 4 nitrogen and oxygen atoms in total. The molecule has 0 saturated carbocycles. The van der Waals surface area contributed by atoms with Gasteiger partial charge >= 0.3 is 6.09 Å². The minimum atomic E-state index is -0.809. The van der Waals surface area contributed by atoms with Crippen LogP contribution in [0.2, 0.25) is 0 Å². The molecule has 76 valence electrons. The monoisotopic (exact) mass is 212 g/mol. The highest BCUT2D eigenvalue weighted by molar-refractivity contribution is 7.99. The molecule has 0 aromatic carbocycles. The van der Waals surface area contributed by atoms with E-state index in [2.05, 4.69) is 11.9 Å². The van der Waals surface area contributed by atoms with Crippen LogP contribution in [0.3, 0.4) is 0 Å². The predicted molar refractivity (Wildman–Crippen MR) is 55.5 cm³/mol. The van der Waals surface area contributed by atoms with E-state index in [1.54, 1.807) is 30.1 Å². The van der Waals surface area contributed by atoms with Gasteiger partial charge in [0.25, 0.3) is 0 Å². The highest BCUT2D eigenvalue weighted by Gasteiger charge is 2.06. The fraction of sp³-hybridized carbons (Fsp3) is 0.333. The molecule has 0 fully saturated rings. The molecule has 1 aromatic heterocycles. The number of primary amides is 1. The van der Waals surface area contributed by atoms with Gasteiger partial charge in [-0.1, -0.05) is 6.92 Å². The Morgan fingerprint density at radius 3 is 3.14 bits per heavy atom. The number of hydrogen-bond acceptors (Lipinski definition) is 4. The van der Waals surface area contributed by atoms with Crippen molar-refractivity contribution >= 4 is 17.9 Å². The highest BCUT2D eigenvalue weighted by atomic mass is 32.2. The lowest BCUT2D eigenvalue weighted by Crippen LogP contribution is -2.16. The summed E-state index contributed by atoms with van der Waals surface area (Å²) >= 11 is 1.55. The average Bonchev–Trinajstić information content (AvgIpc) is 2.16. The quantitative estimate of drug-likeness (QED) is 0.776. The van der Waals surface area contributed by atoms with E-state index >= 15 is 0 Å². The molecular weight excluding hydrogens is 200 g/mol. The molecule has 1 rings (SSSR count). The van der Waals surface area contributed by atoms with E-state index in [9.17, 15) is 4.79 Å². The number of hydrogen-bond donors (Lipinski definition) is 1. The van der Waals surface area contributed by atoms with Gasteiger partial charge in [-0.05, 0) is 24.3 Å². The minimum Gasteiger partial charge on any atom is -0.408 e. The zero-order chi connectivity index (χ0) is 10.4. The molecule has 0 atom stereocenters. The van der Waals surface area contributed by atoms with Crippen molar-refractivity contribution in [3.63, 3.8) is 0 Å². The van der Waals surface area contributed by atoms with Crippen molar-refractivity contribution in [2.75, 3.05) is 5.75 Å². The summed E-state index contributed by atoms with van der Waals surface area (Å²) in [5, 5.41) is 0.702. The van der Waals surface area contributed by atoms with Crippen molar-refractivity contribution in [2.45, 2.75) is 18.4 Å². The molecule has 5 heteroatoms. The molecular formula is C9H12N2O2S. The van der Waals surface area contributed by atoms with Crippen LogP contribution in [0.25, 0.3) is 0 Å². The maximum absolute atomic E-state index is 10.6. The number of nitrogens with zero attached hydrogens (tertiary/aromatic N) is 1. The summed E-state index contributed by atoms with van der Waals surface area (Å²) in [5.74, 6) is 1.37. The Bertz CT molecular complexity index is 317. The number of nitrogens with two attached hydrogens (primary N) is 1. The third-order valence-corrected chi connectivity index (χ3v) is 2.58. The molecule has 1 amide bonds. The molecule has 0 aliphatic carbocycles. The van der Waals surface area contributed by atoms with Gasteiger partial charge in [-0.15, -0.1) is 11.8 Å². The molecule has 1 aromatic rings. The van der Waals surface area contributed by atoms with Gasteiger partial charge < -0.3 is 10.5 Å². The van der Waals surface area contributed by atoms with E-state index in [-0.39, 0.29) is 0 Å². The molecule has 0 aliphatic rings. The lowest BCUT2D eigenvalue weighted by Gasteiger charge is -2.05. The smallest absolute Gasteiger partial charge is 0.408 e. The number of aromatic nitrogens is 1. The van der Waals surface area contributed by atoms with Crippen molar-refractivity contribution in [3.8, 4) is 5.75 Å². The molecule has 0 unspecified atom stereocenters. The first-order chi connectivity index (χ1) is 6.74. The van der Waals surface area contributed by atoms with E-state index < -0.39 is 6.09 Å². The summed E-state index contributed by atoms with van der Waals surface area (Å²) in [6, 6.07) is 3.38. The zero-order valence-electron chi connectivity index (χ0n) is 7.90. The van der Waals surface area contributed by atoms with Gasteiger partial charge in [0.15, 0.2) is 5.75 Å². The molecule has 0 aliphatic heterocycles. The van der Waals surface area contributed by atoms with Gasteiger partial charge in [0, 0.05) is 6.20 Å². The number of rotatable bonds is 4. The lowest BCUT2D eigenvalue weighted by atomic mass is 10.5. The zero-order valence-corrected chi connectivity index (χ0v) is 8.71. The van der Waals surface area contributed by atoms with Gasteiger partial charge in [0.2, 0.25) is 0 Å². The summed E-state index contributed by atoms with van der Waals surface area (Å²) in [5.41, 5.74) is 4.92. The number of carbonyl (C=O) groups is 1. The number of thioether (sulfide) groups is 1. The van der Waals surface area contributed by atoms with E-state index in [1.807, 2.05) is 0 Å². The van der Waals surface area contributed by atoms with Gasteiger partial charge in [-0.2, -0.15) is 0 Å². The third-order valence-electron chi connectivity index (χ3n) is 1.39. The summed E-state index contributed by atoms with van der Waals surface area (Å²) in [6.45, 7) is 2.07. The second-order valence-corrected chi connectivity index (χ2v) is 3.66. The topological polar surface area (TPSA) is 65.2 Å². The van der Waals surface area contributed by atoms with E-state index in [0.29, 0.717) is 10.8 Å². The Morgan fingerprint density at radius 1 is 1.71 bits per heavy atom. The summed E-state index contributed by atoms with van der Waals surface area (Å²) in [6.07, 6.45) is 1.89. The molecule has 0 spiro atoms. The van der Waals surface area contributed by atoms with Crippen molar-refractivity contribution in [2.24, 2.45) is 5.73 Å². The van der Waals surface area contributed by atoms with Crippen LogP contribution in [0.4, 0.5) is 4.79 Å². The van der Waals surface area contributed by atoms with Crippen LogP contribution in [0.15, 0.2) is 23.4 Å². The van der Waals surface area contributed by atoms with Crippen molar-refractivity contribution in [3.05, 3.63) is 18.3 Å². The third kappa shape index (κ3) is 3.26. The van der Waals surface area contributed by atoms with Crippen molar-refractivity contribution in [1.82, 2.24) is 4.98 Å². The summed E-state index contributed by atoms with van der Waals surface area (Å²) in [4.78, 5) is 14.7. The Hall–Kier alpha value is -1.23. The normalized spacial score (nSPS) is 9.79. The molecule has 0 radical (unpaired) electrons. The fourth-order valence-corrected chi connectivity index (χ4v) is 1.65. The first-order valence-corrected chi connectivity index (χ1v) is 5.27. The Labute approximate surface area is 86.8 Å². The maximum Gasteiger partial charge on any atom is 0.410 e. The Balaban J connectivity index is 2.74. The number of carbonyl (C=O) groups excluding carboxylic acids is 1. The van der Waals surface area contributed by atoms with Gasteiger partial charge in [-0.3, -0.25) is 0 Å². The van der Waals surface area contributed by atoms with Gasteiger partial charge in [-0.25, -0.2) is 9.78 Å². The molecule has 0 saturated heterocycles. The second kappa shape index (κ2) is 5.49. The van der Waals surface area contributed by atoms with Crippen LogP contribution in [0, 0.1) is 0 Å². The minimum absolute atomic E-state index is 0.429. The summed E-state index contributed by atoms with van der Waals surface area (Å²) in [7, 11) is 0. The van der Waals surface area contributed by atoms with Crippen molar-refractivity contribution < 1.29 is 9.53 Å². The molecule has 2 N–H and O–H groups in total.